The number of fused-ring (bicyclic) bond motifs is 4. The molecule has 0 saturated heterocycles. The lowest BCUT2D eigenvalue weighted by Gasteiger charge is -2.00. The zero-order valence-corrected chi connectivity index (χ0v) is 13.0. The Kier molecular flexibility index (Phi) is 3.14. The van der Waals surface area contributed by atoms with Crippen LogP contribution in [0.1, 0.15) is 0 Å². The highest BCUT2D eigenvalue weighted by atomic mass is 16.6. The summed E-state index contributed by atoms with van der Waals surface area (Å²) in [4.78, 5) is 31.1. The number of nitro benzene ring substituents is 1. The minimum atomic E-state index is -0.581. The molecule has 0 fully saturated rings. The van der Waals surface area contributed by atoms with Crippen LogP contribution in [0, 0.1) is 28.0 Å². The van der Waals surface area contributed by atoms with Gasteiger partial charge in [0.15, 0.2) is 0 Å². The monoisotopic (exact) mass is 341 g/mol. The van der Waals surface area contributed by atoms with Crippen molar-refractivity contribution in [1.82, 2.24) is 9.38 Å². The van der Waals surface area contributed by atoms with Gasteiger partial charge in [0.2, 0.25) is 0 Å². The fourth-order valence-corrected chi connectivity index (χ4v) is 3.05. The number of nitro groups is 1. The summed E-state index contributed by atoms with van der Waals surface area (Å²) in [5.74, 6) is 0. The predicted molar refractivity (Wildman–Crippen MR) is 94.0 cm³/mol. The van der Waals surface area contributed by atoms with E-state index in [1.807, 2.05) is 6.07 Å². The summed E-state index contributed by atoms with van der Waals surface area (Å²) < 4.78 is 1.29. The van der Waals surface area contributed by atoms with Crippen LogP contribution < -0.4 is 10.8 Å². The SMILES string of the molecule is [C-]#[N+]/C(C#N)=c1/c2ccccc2n2c(=O)c3cc([N+](=O)[O-])ccc3nc12. The van der Waals surface area contributed by atoms with Gasteiger partial charge in [0, 0.05) is 17.4 Å². The maximum absolute atomic E-state index is 13.0. The third-order valence-corrected chi connectivity index (χ3v) is 4.16. The van der Waals surface area contributed by atoms with E-state index in [1.54, 1.807) is 24.3 Å². The van der Waals surface area contributed by atoms with Crippen LogP contribution in [-0.2, 0) is 0 Å². The molecule has 0 aliphatic heterocycles. The Bertz CT molecular complexity index is 1440. The Morgan fingerprint density at radius 3 is 2.73 bits per heavy atom. The van der Waals surface area contributed by atoms with Crippen LogP contribution in [0.5, 0.6) is 0 Å². The van der Waals surface area contributed by atoms with Crippen molar-refractivity contribution in [3.63, 3.8) is 0 Å². The summed E-state index contributed by atoms with van der Waals surface area (Å²) in [6.45, 7) is 7.25. The summed E-state index contributed by atoms with van der Waals surface area (Å²) in [5, 5.41) is 21.2. The van der Waals surface area contributed by atoms with Crippen molar-refractivity contribution < 1.29 is 4.92 Å². The molecule has 0 N–H and O–H groups in total. The third kappa shape index (κ3) is 1.93. The molecule has 8 nitrogen and oxygen atoms in total. The second-order valence-electron chi connectivity index (χ2n) is 5.50. The molecule has 0 aliphatic rings. The smallest absolute Gasteiger partial charge is 0.268 e. The maximum atomic E-state index is 13.0. The first kappa shape index (κ1) is 15.2. The van der Waals surface area contributed by atoms with E-state index in [0.717, 1.165) is 0 Å². The topological polar surface area (TPSA) is 106 Å². The Morgan fingerprint density at radius 1 is 1.27 bits per heavy atom. The standard InChI is InChI=1S/C18H7N5O3/c1-20-14(9-19)16-11-4-2-3-5-15(11)22-17(16)21-13-7-6-10(23(25)26)8-12(13)18(22)24/h2-8H/b16-14-. The number of hydrogen-bond acceptors (Lipinski definition) is 5. The fourth-order valence-electron chi connectivity index (χ4n) is 3.05. The normalized spacial score (nSPS) is 12.1. The van der Waals surface area contributed by atoms with E-state index in [1.165, 1.54) is 22.6 Å². The number of non-ortho nitro benzene ring substituents is 1. The summed E-state index contributed by atoms with van der Waals surface area (Å²) in [6, 6.07) is 12.5. The van der Waals surface area contributed by atoms with Gasteiger partial charge in [-0.25, -0.2) is 15.1 Å². The quantitative estimate of drug-likeness (QED) is 0.300. The molecule has 8 heteroatoms. The molecule has 4 aromatic rings. The lowest BCUT2D eigenvalue weighted by Crippen LogP contribution is -2.17. The van der Waals surface area contributed by atoms with E-state index in [2.05, 4.69) is 9.83 Å². The van der Waals surface area contributed by atoms with Gasteiger partial charge in [0.1, 0.15) is 5.65 Å². The number of aromatic nitrogens is 2. The first-order valence-electron chi connectivity index (χ1n) is 7.40. The Balaban J connectivity index is 2.38. The molecular weight excluding hydrogens is 334 g/mol. The summed E-state index contributed by atoms with van der Waals surface area (Å²) >= 11 is 0. The molecule has 0 atom stereocenters. The van der Waals surface area contributed by atoms with Crippen LogP contribution in [0.3, 0.4) is 0 Å². The second kappa shape index (κ2) is 5.36. The van der Waals surface area contributed by atoms with Gasteiger partial charge >= 0.3 is 0 Å². The summed E-state index contributed by atoms with van der Waals surface area (Å²) in [7, 11) is 0. The summed E-state index contributed by atoms with van der Waals surface area (Å²) in [5.41, 5.74) is 0.0671. The molecule has 0 amide bonds. The van der Waals surface area contributed by atoms with Gasteiger partial charge < -0.3 is 0 Å². The van der Waals surface area contributed by atoms with E-state index in [-0.39, 0.29) is 33.2 Å². The van der Waals surface area contributed by atoms with Gasteiger partial charge in [-0.3, -0.25) is 19.3 Å². The maximum Gasteiger partial charge on any atom is 0.273 e. The van der Waals surface area contributed by atoms with Crippen LogP contribution in [0.4, 0.5) is 5.69 Å². The van der Waals surface area contributed by atoms with Crippen molar-refractivity contribution in [2.24, 2.45) is 0 Å². The number of hydrogen-bond donors (Lipinski definition) is 0. The average Bonchev–Trinajstić information content (AvgIpc) is 2.97. The molecule has 4 rings (SSSR count). The van der Waals surface area contributed by atoms with Crippen molar-refractivity contribution in [3.05, 3.63) is 79.6 Å². The lowest BCUT2D eigenvalue weighted by molar-refractivity contribution is -0.384. The minimum Gasteiger partial charge on any atom is -0.268 e. The molecule has 0 bridgehead atoms. The molecule has 2 heterocycles. The van der Waals surface area contributed by atoms with E-state index in [9.17, 15) is 20.2 Å². The zero-order valence-electron chi connectivity index (χ0n) is 13.0. The highest BCUT2D eigenvalue weighted by Crippen LogP contribution is 2.20. The third-order valence-electron chi connectivity index (χ3n) is 4.16. The molecular formula is C18H7N5O3. The first-order chi connectivity index (χ1) is 12.6. The van der Waals surface area contributed by atoms with Crippen molar-refractivity contribution in [2.75, 3.05) is 0 Å². The highest BCUT2D eigenvalue weighted by molar-refractivity contribution is 5.94. The fraction of sp³-hybridized carbons (Fsp3) is 0. The number of nitriles is 1. The van der Waals surface area contributed by atoms with Gasteiger partial charge in [0.25, 0.3) is 16.9 Å². The zero-order chi connectivity index (χ0) is 18.4. The van der Waals surface area contributed by atoms with Gasteiger partial charge in [-0.2, -0.15) is 0 Å². The number of para-hydroxylation sites is 1. The van der Waals surface area contributed by atoms with Crippen LogP contribution in [-0.4, -0.2) is 14.3 Å². The van der Waals surface area contributed by atoms with Gasteiger partial charge in [-0.1, -0.05) is 18.2 Å². The lowest BCUT2D eigenvalue weighted by atomic mass is 10.2. The van der Waals surface area contributed by atoms with Gasteiger partial charge in [0.05, 0.1) is 34.0 Å². The molecule has 0 radical (unpaired) electrons. The molecule has 122 valence electrons. The molecule has 0 unspecified atom stereocenters. The molecule has 0 saturated carbocycles. The van der Waals surface area contributed by atoms with Gasteiger partial charge in [-0.15, -0.1) is 0 Å². The number of benzene rings is 2. The van der Waals surface area contributed by atoms with Crippen LogP contribution in [0.25, 0.3) is 38.0 Å². The van der Waals surface area contributed by atoms with E-state index < -0.39 is 10.5 Å². The van der Waals surface area contributed by atoms with E-state index in [0.29, 0.717) is 10.9 Å². The van der Waals surface area contributed by atoms with Crippen molar-refractivity contribution in [2.45, 2.75) is 0 Å². The molecule has 26 heavy (non-hydrogen) atoms. The second-order valence-corrected chi connectivity index (χ2v) is 5.50. The predicted octanol–water partition coefficient (Wildman–Crippen LogP) is 2.18. The van der Waals surface area contributed by atoms with Crippen LogP contribution in [0.2, 0.25) is 0 Å². The van der Waals surface area contributed by atoms with Crippen molar-refractivity contribution in [1.29, 1.82) is 5.26 Å². The molecule has 0 spiro atoms. The highest BCUT2D eigenvalue weighted by Gasteiger charge is 2.17. The van der Waals surface area contributed by atoms with Crippen LogP contribution in [0.15, 0.2) is 47.3 Å². The Hall–Kier alpha value is -4.30. The van der Waals surface area contributed by atoms with Crippen molar-refractivity contribution in [3.8, 4) is 6.07 Å². The molecule has 2 aromatic heterocycles. The number of nitrogens with zero attached hydrogens (tertiary/aromatic N) is 5. The first-order valence-corrected chi connectivity index (χ1v) is 7.40. The average molecular weight is 341 g/mol. The van der Waals surface area contributed by atoms with E-state index in [4.69, 9.17) is 6.57 Å². The van der Waals surface area contributed by atoms with Crippen LogP contribution >= 0.6 is 0 Å². The van der Waals surface area contributed by atoms with Gasteiger partial charge in [-0.05, 0) is 17.5 Å². The van der Waals surface area contributed by atoms with Crippen molar-refractivity contribution >= 4 is 38.8 Å². The van der Waals surface area contributed by atoms with E-state index >= 15 is 0 Å². The molecule has 2 aromatic carbocycles. The summed E-state index contributed by atoms with van der Waals surface area (Å²) in [6.07, 6.45) is 0. The Labute approximate surface area is 144 Å². The minimum absolute atomic E-state index is 0.0975. The number of rotatable bonds is 1. The largest absolute Gasteiger partial charge is 0.273 e. The molecule has 0 aliphatic carbocycles. The Morgan fingerprint density at radius 2 is 2.04 bits per heavy atom.